The van der Waals surface area contributed by atoms with Crippen molar-refractivity contribution in [3.8, 4) is 0 Å². The van der Waals surface area contributed by atoms with E-state index in [0.717, 1.165) is 0 Å². The summed E-state index contributed by atoms with van der Waals surface area (Å²) >= 11 is 0. The molecule has 0 saturated heterocycles. The third-order valence-corrected chi connectivity index (χ3v) is 3.25. The van der Waals surface area contributed by atoms with E-state index >= 15 is 0 Å². The number of nitrogens with one attached hydrogen (secondary N) is 2. The minimum Gasteiger partial charge on any atom is -0.346 e. The summed E-state index contributed by atoms with van der Waals surface area (Å²) in [6.45, 7) is 7.08. The van der Waals surface area contributed by atoms with Gasteiger partial charge in [-0.2, -0.15) is 0 Å². The molecule has 0 fully saturated rings. The summed E-state index contributed by atoms with van der Waals surface area (Å²) in [7, 11) is 0. The van der Waals surface area contributed by atoms with Crippen LogP contribution >= 0.6 is 0 Å². The molecular weight excluding hydrogens is 318 g/mol. The van der Waals surface area contributed by atoms with Gasteiger partial charge in [-0.25, -0.2) is 4.98 Å². The maximum absolute atomic E-state index is 12.3. The van der Waals surface area contributed by atoms with Gasteiger partial charge in [0, 0.05) is 16.8 Å². The quantitative estimate of drug-likeness (QED) is 0.838. The number of benzene rings is 1. The van der Waals surface area contributed by atoms with E-state index in [1.165, 1.54) is 13.0 Å². The lowest BCUT2D eigenvalue weighted by atomic mass is 10.1. The first-order valence-electron chi connectivity index (χ1n) is 7.87. The first-order valence-corrected chi connectivity index (χ1v) is 7.87. The zero-order chi connectivity index (χ0) is 18.6. The van der Waals surface area contributed by atoms with Crippen molar-refractivity contribution in [3.63, 3.8) is 0 Å². The van der Waals surface area contributed by atoms with Crippen molar-refractivity contribution < 1.29 is 14.4 Å². The molecule has 25 heavy (non-hydrogen) atoms. The van der Waals surface area contributed by atoms with Crippen LogP contribution in [-0.2, 0) is 0 Å². The molecule has 6 heteroatoms. The summed E-state index contributed by atoms with van der Waals surface area (Å²) in [4.78, 5) is 39.9. The van der Waals surface area contributed by atoms with E-state index in [1.54, 1.807) is 36.4 Å². The van der Waals surface area contributed by atoms with Gasteiger partial charge in [0.2, 0.25) is 0 Å². The van der Waals surface area contributed by atoms with Gasteiger partial charge in [-0.15, -0.1) is 0 Å². The molecule has 2 rings (SSSR count). The van der Waals surface area contributed by atoms with Crippen molar-refractivity contribution in [2.24, 2.45) is 0 Å². The molecular formula is C19H21N3O3. The largest absolute Gasteiger partial charge is 0.346 e. The van der Waals surface area contributed by atoms with Crippen molar-refractivity contribution >= 4 is 23.3 Å². The number of amides is 2. The lowest BCUT2D eigenvalue weighted by Gasteiger charge is -2.20. The number of aromatic nitrogens is 1. The van der Waals surface area contributed by atoms with E-state index in [9.17, 15) is 14.4 Å². The number of rotatable bonds is 4. The molecule has 0 bridgehead atoms. The standard InChI is InChI=1S/C19H21N3O3/c1-12(23)13-8-10-14(11-9-13)20-17(24)15-6-5-7-16(21-15)18(25)22-19(2,3)4/h5-11H,1-4H3,(H,20,24)(H,22,25). The Labute approximate surface area is 146 Å². The Balaban J connectivity index is 2.13. The minimum atomic E-state index is -0.430. The zero-order valence-corrected chi connectivity index (χ0v) is 14.7. The fourth-order valence-corrected chi connectivity index (χ4v) is 2.08. The number of carbonyl (C=O) groups excluding carboxylic acids is 3. The van der Waals surface area contributed by atoms with Crippen LogP contribution in [0.4, 0.5) is 5.69 Å². The van der Waals surface area contributed by atoms with Gasteiger partial charge in [0.15, 0.2) is 5.78 Å². The van der Waals surface area contributed by atoms with Gasteiger partial charge < -0.3 is 10.6 Å². The number of anilines is 1. The highest BCUT2D eigenvalue weighted by atomic mass is 16.2. The Kier molecular flexibility index (Phi) is 5.32. The predicted octanol–water partition coefficient (Wildman–Crippen LogP) is 3.06. The summed E-state index contributed by atoms with van der Waals surface area (Å²) in [5.74, 6) is -0.814. The molecule has 0 unspecified atom stereocenters. The van der Waals surface area contributed by atoms with Gasteiger partial charge in [-0.05, 0) is 64.1 Å². The van der Waals surface area contributed by atoms with Gasteiger partial charge in [-0.3, -0.25) is 14.4 Å². The average Bonchev–Trinajstić information content (AvgIpc) is 2.54. The van der Waals surface area contributed by atoms with Crippen LogP contribution in [0.5, 0.6) is 0 Å². The first kappa shape index (κ1) is 18.3. The van der Waals surface area contributed by atoms with Crippen LogP contribution in [0.1, 0.15) is 59.0 Å². The third-order valence-electron chi connectivity index (χ3n) is 3.25. The van der Waals surface area contributed by atoms with Crippen LogP contribution in [0.2, 0.25) is 0 Å². The van der Waals surface area contributed by atoms with Crippen molar-refractivity contribution in [1.82, 2.24) is 10.3 Å². The van der Waals surface area contributed by atoms with Gasteiger partial charge >= 0.3 is 0 Å². The van der Waals surface area contributed by atoms with E-state index in [1.807, 2.05) is 20.8 Å². The summed E-state index contributed by atoms with van der Waals surface area (Å²) in [5, 5.41) is 5.50. The third kappa shape index (κ3) is 5.24. The highest BCUT2D eigenvalue weighted by molar-refractivity contribution is 6.04. The number of nitrogens with zero attached hydrogens (tertiary/aromatic N) is 1. The fourth-order valence-electron chi connectivity index (χ4n) is 2.08. The van der Waals surface area contributed by atoms with Crippen LogP contribution in [-0.4, -0.2) is 28.1 Å². The lowest BCUT2D eigenvalue weighted by molar-refractivity contribution is 0.0913. The normalized spacial score (nSPS) is 10.9. The van der Waals surface area contributed by atoms with E-state index in [0.29, 0.717) is 11.3 Å². The molecule has 1 heterocycles. The second-order valence-electron chi connectivity index (χ2n) is 6.70. The first-order chi connectivity index (χ1) is 11.7. The van der Waals surface area contributed by atoms with Gasteiger partial charge in [0.25, 0.3) is 11.8 Å². The molecule has 0 atom stereocenters. The molecule has 0 radical (unpaired) electrons. The molecule has 0 aliphatic heterocycles. The molecule has 130 valence electrons. The number of hydrogen-bond acceptors (Lipinski definition) is 4. The monoisotopic (exact) mass is 339 g/mol. The van der Waals surface area contributed by atoms with Crippen molar-refractivity contribution in [3.05, 3.63) is 59.4 Å². The highest BCUT2D eigenvalue weighted by Gasteiger charge is 2.17. The Hall–Kier alpha value is -3.02. The second kappa shape index (κ2) is 7.25. The highest BCUT2D eigenvalue weighted by Crippen LogP contribution is 2.12. The minimum absolute atomic E-state index is 0.0443. The molecule has 1 aromatic carbocycles. The predicted molar refractivity (Wildman–Crippen MR) is 95.9 cm³/mol. The Morgan fingerprint density at radius 3 is 1.96 bits per heavy atom. The van der Waals surface area contributed by atoms with Crippen molar-refractivity contribution in [2.75, 3.05) is 5.32 Å². The number of hydrogen-bond donors (Lipinski definition) is 2. The van der Waals surface area contributed by atoms with E-state index in [-0.39, 0.29) is 23.1 Å². The Bertz CT molecular complexity index is 805. The van der Waals surface area contributed by atoms with Crippen molar-refractivity contribution in [2.45, 2.75) is 33.2 Å². The molecule has 0 aliphatic carbocycles. The maximum Gasteiger partial charge on any atom is 0.274 e. The fraction of sp³-hybridized carbons (Fsp3) is 0.263. The average molecular weight is 339 g/mol. The van der Waals surface area contributed by atoms with Gasteiger partial charge in [0.1, 0.15) is 11.4 Å². The van der Waals surface area contributed by atoms with Crippen LogP contribution in [0.25, 0.3) is 0 Å². The SMILES string of the molecule is CC(=O)c1ccc(NC(=O)c2cccc(C(=O)NC(C)(C)C)n2)cc1. The van der Waals surface area contributed by atoms with Crippen LogP contribution < -0.4 is 10.6 Å². The van der Waals surface area contributed by atoms with Crippen molar-refractivity contribution in [1.29, 1.82) is 0 Å². The summed E-state index contributed by atoms with van der Waals surface area (Å²) in [6.07, 6.45) is 0. The Morgan fingerprint density at radius 1 is 0.880 bits per heavy atom. The molecule has 1 aromatic heterocycles. The molecule has 2 aromatic rings. The maximum atomic E-state index is 12.3. The zero-order valence-electron chi connectivity index (χ0n) is 14.7. The van der Waals surface area contributed by atoms with E-state index in [2.05, 4.69) is 15.6 Å². The van der Waals surface area contributed by atoms with Gasteiger partial charge in [-0.1, -0.05) is 6.07 Å². The molecule has 2 amide bonds. The number of pyridine rings is 1. The Morgan fingerprint density at radius 2 is 1.44 bits per heavy atom. The van der Waals surface area contributed by atoms with Crippen LogP contribution in [0, 0.1) is 0 Å². The summed E-state index contributed by atoms with van der Waals surface area (Å²) < 4.78 is 0. The smallest absolute Gasteiger partial charge is 0.274 e. The van der Waals surface area contributed by atoms with E-state index < -0.39 is 11.4 Å². The lowest BCUT2D eigenvalue weighted by Crippen LogP contribution is -2.41. The number of Topliss-reactive ketones (excluding diaryl/α,β-unsaturated/α-hetero) is 1. The number of carbonyl (C=O) groups is 3. The molecule has 0 aliphatic rings. The summed E-state index contributed by atoms with van der Waals surface area (Å²) in [5.41, 5.74) is 1.03. The molecule has 6 nitrogen and oxygen atoms in total. The van der Waals surface area contributed by atoms with Gasteiger partial charge in [0.05, 0.1) is 0 Å². The topological polar surface area (TPSA) is 88.2 Å². The molecule has 0 saturated carbocycles. The molecule has 2 N–H and O–H groups in total. The molecule has 0 spiro atoms. The van der Waals surface area contributed by atoms with Crippen LogP contribution in [0.15, 0.2) is 42.5 Å². The van der Waals surface area contributed by atoms with E-state index in [4.69, 9.17) is 0 Å². The summed E-state index contributed by atoms with van der Waals surface area (Å²) in [6, 6.07) is 11.3. The van der Waals surface area contributed by atoms with Crippen LogP contribution in [0.3, 0.4) is 0 Å². The number of ketones is 1. The second-order valence-corrected chi connectivity index (χ2v) is 6.70.